The summed E-state index contributed by atoms with van der Waals surface area (Å²) in [5.74, 6) is 0.581. The van der Waals surface area contributed by atoms with Gasteiger partial charge in [-0.25, -0.2) is 5.43 Å². The highest BCUT2D eigenvalue weighted by molar-refractivity contribution is 6.30. The zero-order valence-electron chi connectivity index (χ0n) is 7.90. The summed E-state index contributed by atoms with van der Waals surface area (Å²) in [4.78, 5) is 10.4. The Bertz CT molecular complexity index is 391. The predicted molar refractivity (Wildman–Crippen MR) is 59.0 cm³/mol. The van der Waals surface area contributed by atoms with Crippen LogP contribution in [0.25, 0.3) is 0 Å². The van der Waals surface area contributed by atoms with E-state index in [1.807, 2.05) is 30.3 Å². The maximum absolute atomic E-state index is 10.4. The number of rotatable bonds is 3. The summed E-state index contributed by atoms with van der Waals surface area (Å²) in [6.45, 7) is 0.520. The molecule has 1 aliphatic heterocycles. The molecule has 4 nitrogen and oxygen atoms in total. The number of nitrogens with one attached hydrogen (secondary N) is 2. The SMILES string of the molecule is O=CNC1=C(Cl)CNN1c1ccccc1. The van der Waals surface area contributed by atoms with Crippen molar-refractivity contribution in [3.05, 3.63) is 41.2 Å². The van der Waals surface area contributed by atoms with Gasteiger partial charge in [0.25, 0.3) is 0 Å². The van der Waals surface area contributed by atoms with Crippen LogP contribution in [-0.2, 0) is 4.79 Å². The van der Waals surface area contributed by atoms with Crippen LogP contribution < -0.4 is 15.8 Å². The number of carbonyl (C=O) groups is 1. The van der Waals surface area contributed by atoms with E-state index >= 15 is 0 Å². The lowest BCUT2D eigenvalue weighted by Gasteiger charge is -2.20. The lowest BCUT2D eigenvalue weighted by Crippen LogP contribution is -2.36. The molecule has 1 heterocycles. The summed E-state index contributed by atoms with van der Waals surface area (Å²) in [7, 11) is 0. The van der Waals surface area contributed by atoms with E-state index in [4.69, 9.17) is 11.6 Å². The maximum Gasteiger partial charge on any atom is 0.212 e. The van der Waals surface area contributed by atoms with Gasteiger partial charge < -0.3 is 5.32 Å². The Labute approximate surface area is 92.5 Å². The number of hydrazine groups is 1. The summed E-state index contributed by atoms with van der Waals surface area (Å²) in [6.07, 6.45) is 0.612. The minimum atomic E-state index is 0.520. The summed E-state index contributed by atoms with van der Waals surface area (Å²) in [5.41, 5.74) is 3.99. The molecule has 0 bridgehead atoms. The van der Waals surface area contributed by atoms with Crippen LogP contribution >= 0.6 is 11.6 Å². The highest BCUT2D eigenvalue weighted by atomic mass is 35.5. The van der Waals surface area contributed by atoms with Gasteiger partial charge in [0.1, 0.15) is 5.82 Å². The van der Waals surface area contributed by atoms with Crippen molar-refractivity contribution in [2.75, 3.05) is 11.6 Å². The third-order valence-corrected chi connectivity index (χ3v) is 2.40. The lowest BCUT2D eigenvalue weighted by molar-refractivity contribution is -0.108. The van der Waals surface area contributed by atoms with Crippen molar-refractivity contribution in [2.45, 2.75) is 0 Å². The van der Waals surface area contributed by atoms with Crippen molar-refractivity contribution in [1.29, 1.82) is 0 Å². The van der Waals surface area contributed by atoms with Crippen LogP contribution in [0.2, 0.25) is 0 Å². The number of carbonyl (C=O) groups excluding carboxylic acids is 1. The van der Waals surface area contributed by atoms with Gasteiger partial charge in [-0.2, -0.15) is 0 Å². The number of halogens is 1. The highest BCUT2D eigenvalue weighted by Gasteiger charge is 2.21. The van der Waals surface area contributed by atoms with Gasteiger partial charge >= 0.3 is 0 Å². The summed E-state index contributed by atoms with van der Waals surface area (Å²) in [6, 6.07) is 9.62. The zero-order chi connectivity index (χ0) is 10.7. The molecule has 0 saturated heterocycles. The molecule has 0 aliphatic carbocycles. The van der Waals surface area contributed by atoms with E-state index in [0.717, 1.165) is 5.69 Å². The molecule has 1 aromatic rings. The Morgan fingerprint density at radius 3 is 2.80 bits per heavy atom. The molecule has 2 rings (SSSR count). The molecular weight excluding hydrogens is 214 g/mol. The van der Waals surface area contributed by atoms with Crippen LogP contribution in [0.1, 0.15) is 0 Å². The third-order valence-electron chi connectivity index (χ3n) is 2.08. The first-order valence-electron chi connectivity index (χ1n) is 4.50. The summed E-state index contributed by atoms with van der Waals surface area (Å²) < 4.78 is 0. The van der Waals surface area contributed by atoms with E-state index in [0.29, 0.717) is 23.8 Å². The lowest BCUT2D eigenvalue weighted by atomic mass is 10.3. The van der Waals surface area contributed by atoms with Gasteiger partial charge in [0.2, 0.25) is 6.41 Å². The van der Waals surface area contributed by atoms with Crippen molar-refractivity contribution < 1.29 is 4.79 Å². The average molecular weight is 224 g/mol. The molecule has 0 atom stereocenters. The highest BCUT2D eigenvalue weighted by Crippen LogP contribution is 2.22. The van der Waals surface area contributed by atoms with Gasteiger partial charge in [-0.15, -0.1) is 0 Å². The first-order valence-corrected chi connectivity index (χ1v) is 4.88. The van der Waals surface area contributed by atoms with Crippen molar-refractivity contribution in [1.82, 2.24) is 10.7 Å². The number of anilines is 1. The molecule has 15 heavy (non-hydrogen) atoms. The van der Waals surface area contributed by atoms with Crippen LogP contribution in [0.5, 0.6) is 0 Å². The smallest absolute Gasteiger partial charge is 0.212 e. The van der Waals surface area contributed by atoms with E-state index in [2.05, 4.69) is 10.7 Å². The number of benzene rings is 1. The normalized spacial score (nSPS) is 15.7. The Hall–Kier alpha value is -1.52. The molecule has 1 aromatic carbocycles. The van der Waals surface area contributed by atoms with E-state index in [1.165, 1.54) is 0 Å². The Kier molecular flexibility index (Phi) is 2.89. The van der Waals surface area contributed by atoms with Gasteiger partial charge in [0.05, 0.1) is 17.3 Å². The van der Waals surface area contributed by atoms with E-state index in [1.54, 1.807) is 5.01 Å². The average Bonchev–Trinajstić information content (AvgIpc) is 2.63. The van der Waals surface area contributed by atoms with Crippen molar-refractivity contribution in [2.24, 2.45) is 0 Å². The predicted octanol–water partition coefficient (Wildman–Crippen LogP) is 1.17. The van der Waals surface area contributed by atoms with E-state index < -0.39 is 0 Å². The summed E-state index contributed by atoms with van der Waals surface area (Å²) in [5, 5.41) is 4.91. The van der Waals surface area contributed by atoms with Crippen LogP contribution in [0.15, 0.2) is 41.2 Å². The minimum Gasteiger partial charge on any atom is -0.313 e. The van der Waals surface area contributed by atoms with Crippen molar-refractivity contribution in [3.8, 4) is 0 Å². The largest absolute Gasteiger partial charge is 0.313 e. The molecular formula is C10H10ClN3O. The zero-order valence-corrected chi connectivity index (χ0v) is 8.66. The fourth-order valence-electron chi connectivity index (χ4n) is 1.43. The Morgan fingerprint density at radius 2 is 2.13 bits per heavy atom. The standard InChI is InChI=1S/C10H10ClN3O/c11-9-6-13-14(10(9)12-7-15)8-4-2-1-3-5-8/h1-5,7,13H,6H2,(H,12,15). The van der Waals surface area contributed by atoms with E-state index in [-0.39, 0.29) is 0 Å². The minimum absolute atomic E-state index is 0.520. The van der Waals surface area contributed by atoms with Gasteiger partial charge in [-0.1, -0.05) is 29.8 Å². The second-order valence-electron chi connectivity index (χ2n) is 3.02. The number of amides is 1. The van der Waals surface area contributed by atoms with Gasteiger partial charge in [0.15, 0.2) is 0 Å². The molecule has 2 N–H and O–H groups in total. The molecule has 0 radical (unpaired) electrons. The van der Waals surface area contributed by atoms with Gasteiger partial charge in [0, 0.05) is 0 Å². The molecule has 0 spiro atoms. The number of hydrogen-bond donors (Lipinski definition) is 2. The van der Waals surface area contributed by atoms with E-state index in [9.17, 15) is 4.79 Å². The summed E-state index contributed by atoms with van der Waals surface area (Å²) >= 11 is 5.96. The monoisotopic (exact) mass is 223 g/mol. The molecule has 0 unspecified atom stereocenters. The Balaban J connectivity index is 2.28. The Morgan fingerprint density at radius 1 is 1.40 bits per heavy atom. The maximum atomic E-state index is 10.4. The number of para-hydroxylation sites is 1. The van der Waals surface area contributed by atoms with Gasteiger partial charge in [-0.3, -0.25) is 9.80 Å². The molecule has 78 valence electrons. The molecule has 1 aliphatic rings. The van der Waals surface area contributed by atoms with Crippen molar-refractivity contribution >= 4 is 23.7 Å². The van der Waals surface area contributed by atoms with Crippen LogP contribution in [-0.4, -0.2) is 13.0 Å². The second kappa shape index (κ2) is 4.33. The van der Waals surface area contributed by atoms with Crippen LogP contribution in [0.4, 0.5) is 5.69 Å². The van der Waals surface area contributed by atoms with Crippen molar-refractivity contribution in [3.63, 3.8) is 0 Å². The first kappa shape index (κ1) is 10.0. The molecule has 1 amide bonds. The second-order valence-corrected chi connectivity index (χ2v) is 3.48. The van der Waals surface area contributed by atoms with Crippen LogP contribution in [0.3, 0.4) is 0 Å². The number of hydrogen-bond acceptors (Lipinski definition) is 3. The first-order chi connectivity index (χ1) is 7.33. The topological polar surface area (TPSA) is 44.4 Å². The fraction of sp³-hybridized carbons (Fsp3) is 0.100. The fourth-order valence-corrected chi connectivity index (χ4v) is 1.63. The molecule has 0 saturated carbocycles. The quantitative estimate of drug-likeness (QED) is 0.756. The molecule has 0 fully saturated rings. The molecule has 5 heteroatoms. The van der Waals surface area contributed by atoms with Crippen LogP contribution in [0, 0.1) is 0 Å². The van der Waals surface area contributed by atoms with Gasteiger partial charge in [-0.05, 0) is 12.1 Å². The third kappa shape index (κ3) is 1.95. The molecule has 0 aromatic heterocycles. The number of nitrogens with zero attached hydrogens (tertiary/aromatic N) is 1.